The molecule has 2 atom stereocenters. The van der Waals surface area contributed by atoms with E-state index in [2.05, 4.69) is 18.2 Å². The molecule has 0 bridgehead atoms. The molecule has 1 aromatic carbocycles. The summed E-state index contributed by atoms with van der Waals surface area (Å²) in [5, 5.41) is 2.04. The molecule has 2 amide bonds. The monoisotopic (exact) mass is 412 g/mol. The van der Waals surface area contributed by atoms with Crippen LogP contribution in [-0.4, -0.2) is 54.0 Å². The standard InChI is InChI=1S/C23H28N2O3S/c26-22-14-19(15-24(22)11-10-18-6-2-1-3-7-18)23(27)25(16-20-8-4-12-28-20)17-21-9-5-13-29-21/h1-3,5-7,9,13,19-20H,4,8,10-12,14-17H2. The largest absolute Gasteiger partial charge is 0.376 e. The Kier molecular flexibility index (Phi) is 6.62. The number of benzene rings is 1. The maximum absolute atomic E-state index is 13.3. The maximum atomic E-state index is 13.3. The summed E-state index contributed by atoms with van der Waals surface area (Å²) >= 11 is 1.66. The van der Waals surface area contributed by atoms with E-state index in [0.717, 1.165) is 25.9 Å². The minimum absolute atomic E-state index is 0.0875. The molecule has 2 aliphatic rings. The first-order valence-electron chi connectivity index (χ1n) is 10.4. The van der Waals surface area contributed by atoms with Gasteiger partial charge in [0.2, 0.25) is 11.8 Å². The van der Waals surface area contributed by atoms with Gasteiger partial charge in [-0.2, -0.15) is 0 Å². The van der Waals surface area contributed by atoms with Crippen LogP contribution in [0.15, 0.2) is 47.8 Å². The zero-order chi connectivity index (χ0) is 20.1. The summed E-state index contributed by atoms with van der Waals surface area (Å²) in [6.45, 7) is 3.19. The highest BCUT2D eigenvalue weighted by Crippen LogP contribution is 2.24. The zero-order valence-corrected chi connectivity index (χ0v) is 17.5. The van der Waals surface area contributed by atoms with Crippen LogP contribution in [0.4, 0.5) is 0 Å². The van der Waals surface area contributed by atoms with E-state index in [-0.39, 0.29) is 23.8 Å². The van der Waals surface area contributed by atoms with Crippen LogP contribution in [0.5, 0.6) is 0 Å². The van der Waals surface area contributed by atoms with Crippen molar-refractivity contribution >= 4 is 23.2 Å². The second-order valence-electron chi connectivity index (χ2n) is 7.91. The fourth-order valence-electron chi connectivity index (χ4n) is 4.18. The Hall–Kier alpha value is -2.18. The summed E-state index contributed by atoms with van der Waals surface area (Å²) in [5.41, 5.74) is 1.22. The lowest BCUT2D eigenvalue weighted by Gasteiger charge is -2.27. The Morgan fingerprint density at radius 1 is 1.21 bits per heavy atom. The first-order chi connectivity index (χ1) is 14.2. The first kappa shape index (κ1) is 20.1. The van der Waals surface area contributed by atoms with Crippen LogP contribution in [0, 0.1) is 5.92 Å². The van der Waals surface area contributed by atoms with Crippen molar-refractivity contribution in [3.63, 3.8) is 0 Å². The van der Waals surface area contributed by atoms with E-state index in [1.807, 2.05) is 39.4 Å². The summed E-state index contributed by atoms with van der Waals surface area (Å²) in [5.74, 6) is -0.0726. The topological polar surface area (TPSA) is 49.9 Å². The number of thiophene rings is 1. The van der Waals surface area contributed by atoms with Crippen molar-refractivity contribution in [2.45, 2.75) is 38.3 Å². The third-order valence-corrected chi connectivity index (χ3v) is 6.62. The molecule has 0 saturated carbocycles. The predicted octanol–water partition coefficient (Wildman–Crippen LogP) is 3.35. The van der Waals surface area contributed by atoms with Gasteiger partial charge in [-0.05, 0) is 36.3 Å². The number of carbonyl (C=O) groups excluding carboxylic acids is 2. The molecule has 1 aromatic heterocycles. The van der Waals surface area contributed by atoms with Gasteiger partial charge in [0.1, 0.15) is 0 Å². The predicted molar refractivity (Wildman–Crippen MR) is 114 cm³/mol. The molecule has 2 saturated heterocycles. The average Bonchev–Trinajstić information content (AvgIpc) is 3.49. The number of ether oxygens (including phenoxy) is 1. The van der Waals surface area contributed by atoms with Gasteiger partial charge >= 0.3 is 0 Å². The first-order valence-corrected chi connectivity index (χ1v) is 11.3. The number of carbonyl (C=O) groups is 2. The highest BCUT2D eigenvalue weighted by atomic mass is 32.1. The van der Waals surface area contributed by atoms with Crippen molar-refractivity contribution in [3.8, 4) is 0 Å². The maximum Gasteiger partial charge on any atom is 0.228 e. The van der Waals surface area contributed by atoms with Gasteiger partial charge in [-0.3, -0.25) is 9.59 Å². The van der Waals surface area contributed by atoms with Crippen molar-refractivity contribution < 1.29 is 14.3 Å². The van der Waals surface area contributed by atoms with E-state index in [9.17, 15) is 9.59 Å². The van der Waals surface area contributed by atoms with Crippen molar-refractivity contribution in [1.29, 1.82) is 0 Å². The summed E-state index contributed by atoms with van der Waals surface area (Å²) in [6, 6.07) is 14.3. The van der Waals surface area contributed by atoms with Gasteiger partial charge in [0.15, 0.2) is 0 Å². The van der Waals surface area contributed by atoms with Crippen LogP contribution in [0.1, 0.15) is 29.7 Å². The summed E-state index contributed by atoms with van der Waals surface area (Å²) in [4.78, 5) is 30.8. The van der Waals surface area contributed by atoms with E-state index < -0.39 is 0 Å². The second kappa shape index (κ2) is 9.55. The molecule has 4 rings (SSSR count). The Bertz CT molecular complexity index is 803. The fourth-order valence-corrected chi connectivity index (χ4v) is 4.90. The quantitative estimate of drug-likeness (QED) is 0.668. The molecule has 5 nitrogen and oxygen atoms in total. The van der Waals surface area contributed by atoms with Gasteiger partial charge in [0.25, 0.3) is 0 Å². The van der Waals surface area contributed by atoms with E-state index in [1.165, 1.54) is 10.4 Å². The van der Waals surface area contributed by atoms with Gasteiger partial charge in [-0.25, -0.2) is 0 Å². The molecule has 0 radical (unpaired) electrons. The molecule has 0 aliphatic carbocycles. The van der Waals surface area contributed by atoms with E-state index >= 15 is 0 Å². The molecular weight excluding hydrogens is 384 g/mol. The van der Waals surface area contributed by atoms with E-state index in [4.69, 9.17) is 4.74 Å². The van der Waals surface area contributed by atoms with Gasteiger partial charge < -0.3 is 14.5 Å². The molecule has 6 heteroatoms. The Morgan fingerprint density at radius 3 is 2.79 bits per heavy atom. The highest BCUT2D eigenvalue weighted by molar-refractivity contribution is 7.09. The van der Waals surface area contributed by atoms with Crippen LogP contribution in [0.3, 0.4) is 0 Å². The third-order valence-electron chi connectivity index (χ3n) is 5.76. The minimum Gasteiger partial charge on any atom is -0.376 e. The third kappa shape index (κ3) is 5.25. The van der Waals surface area contributed by atoms with E-state index in [1.54, 1.807) is 11.3 Å². The van der Waals surface area contributed by atoms with Crippen LogP contribution in [-0.2, 0) is 27.3 Å². The average molecular weight is 413 g/mol. The summed E-state index contributed by atoms with van der Waals surface area (Å²) in [6.07, 6.45) is 3.31. The number of rotatable bonds is 8. The lowest BCUT2D eigenvalue weighted by Crippen LogP contribution is -2.41. The molecule has 154 valence electrons. The highest BCUT2D eigenvalue weighted by Gasteiger charge is 2.37. The van der Waals surface area contributed by atoms with Crippen LogP contribution < -0.4 is 0 Å². The lowest BCUT2D eigenvalue weighted by molar-refractivity contribution is -0.138. The molecule has 3 heterocycles. The van der Waals surface area contributed by atoms with Gasteiger partial charge in [-0.1, -0.05) is 36.4 Å². The molecule has 0 N–H and O–H groups in total. The lowest BCUT2D eigenvalue weighted by atomic mass is 10.1. The number of amides is 2. The van der Waals surface area contributed by atoms with Crippen molar-refractivity contribution in [1.82, 2.24) is 9.80 Å². The number of likely N-dealkylation sites (tertiary alicyclic amines) is 1. The summed E-state index contributed by atoms with van der Waals surface area (Å²) < 4.78 is 5.78. The van der Waals surface area contributed by atoms with Crippen molar-refractivity contribution in [3.05, 3.63) is 58.3 Å². The molecule has 0 spiro atoms. The van der Waals surface area contributed by atoms with Crippen molar-refractivity contribution in [2.75, 3.05) is 26.2 Å². The van der Waals surface area contributed by atoms with Crippen LogP contribution in [0.2, 0.25) is 0 Å². The van der Waals surface area contributed by atoms with Crippen LogP contribution >= 0.6 is 11.3 Å². The number of nitrogens with zero attached hydrogens (tertiary/aromatic N) is 2. The van der Waals surface area contributed by atoms with Gasteiger partial charge in [-0.15, -0.1) is 11.3 Å². The Labute approximate surface area is 176 Å². The Balaban J connectivity index is 1.38. The molecule has 29 heavy (non-hydrogen) atoms. The number of hydrogen-bond acceptors (Lipinski definition) is 4. The van der Waals surface area contributed by atoms with Gasteiger partial charge in [0, 0.05) is 37.5 Å². The molecule has 2 aromatic rings. The zero-order valence-electron chi connectivity index (χ0n) is 16.7. The molecule has 2 aliphatic heterocycles. The second-order valence-corrected chi connectivity index (χ2v) is 8.94. The minimum atomic E-state index is -0.250. The molecule has 2 fully saturated rings. The smallest absolute Gasteiger partial charge is 0.228 e. The molecular formula is C23H28N2O3S. The summed E-state index contributed by atoms with van der Waals surface area (Å²) in [7, 11) is 0. The molecule has 2 unspecified atom stereocenters. The fraction of sp³-hybridized carbons (Fsp3) is 0.478. The SMILES string of the molecule is O=C1CC(C(=O)N(Cc2cccs2)CC2CCCO2)CN1CCc1ccccc1. The van der Waals surface area contributed by atoms with Crippen LogP contribution in [0.25, 0.3) is 0 Å². The number of hydrogen-bond donors (Lipinski definition) is 0. The van der Waals surface area contributed by atoms with Gasteiger partial charge in [0.05, 0.1) is 18.6 Å². The van der Waals surface area contributed by atoms with E-state index in [0.29, 0.717) is 32.6 Å². The Morgan fingerprint density at radius 2 is 2.07 bits per heavy atom. The van der Waals surface area contributed by atoms with Crippen molar-refractivity contribution in [2.24, 2.45) is 5.92 Å². The normalized spacial score (nSPS) is 21.7.